The van der Waals surface area contributed by atoms with Gasteiger partial charge in [0.2, 0.25) is 0 Å². The van der Waals surface area contributed by atoms with Crippen LogP contribution >= 0.6 is 0 Å². The minimum Gasteiger partial charge on any atom is -0.497 e. The number of anilines is 1. The van der Waals surface area contributed by atoms with Gasteiger partial charge < -0.3 is 15.0 Å². The normalized spacial score (nSPS) is 22.4. The number of carbonyl (C=O) groups is 1. The number of piperidine rings is 1. The van der Waals surface area contributed by atoms with Crippen molar-refractivity contribution in [2.45, 2.75) is 44.4 Å². The van der Waals surface area contributed by atoms with Gasteiger partial charge in [-0.1, -0.05) is 19.1 Å². The highest BCUT2D eigenvalue weighted by atomic mass is 19.4. The Morgan fingerprint density at radius 3 is 2.47 bits per heavy atom. The van der Waals surface area contributed by atoms with Gasteiger partial charge in [-0.3, -0.25) is 4.79 Å². The molecule has 30 heavy (non-hydrogen) atoms. The molecule has 2 aromatic rings. The zero-order chi connectivity index (χ0) is 21.5. The van der Waals surface area contributed by atoms with E-state index in [1.54, 1.807) is 29.2 Å². The van der Waals surface area contributed by atoms with Gasteiger partial charge in [-0.15, -0.1) is 0 Å². The number of aromatic nitrogens is 2. The van der Waals surface area contributed by atoms with Gasteiger partial charge in [-0.05, 0) is 36.5 Å². The number of methoxy groups -OCH3 is 1. The Hall–Kier alpha value is -2.71. The average Bonchev–Trinajstić information content (AvgIpc) is 3.16. The Morgan fingerprint density at radius 2 is 1.87 bits per heavy atom. The predicted octanol–water partition coefficient (Wildman–Crippen LogP) is 4.42. The van der Waals surface area contributed by atoms with Crippen LogP contribution in [0.2, 0.25) is 0 Å². The lowest BCUT2D eigenvalue weighted by molar-refractivity contribution is -0.173. The van der Waals surface area contributed by atoms with E-state index in [1.165, 1.54) is 13.2 Å². The molecule has 6 nitrogen and oxygen atoms in total. The number of rotatable bonds is 3. The summed E-state index contributed by atoms with van der Waals surface area (Å²) >= 11 is 0. The molecule has 2 atom stereocenters. The molecule has 2 aliphatic heterocycles. The van der Waals surface area contributed by atoms with Crippen LogP contribution in [0.5, 0.6) is 5.75 Å². The van der Waals surface area contributed by atoms with E-state index >= 15 is 0 Å². The number of benzene rings is 1. The van der Waals surface area contributed by atoms with Crippen LogP contribution in [0.1, 0.15) is 54.3 Å². The van der Waals surface area contributed by atoms with Crippen molar-refractivity contribution in [1.82, 2.24) is 14.7 Å². The highest BCUT2D eigenvalue weighted by Crippen LogP contribution is 2.43. The van der Waals surface area contributed by atoms with E-state index < -0.39 is 18.3 Å². The largest absolute Gasteiger partial charge is 0.497 e. The monoisotopic (exact) mass is 422 g/mol. The first-order chi connectivity index (χ1) is 14.3. The fourth-order valence-electron chi connectivity index (χ4n) is 4.11. The van der Waals surface area contributed by atoms with Crippen molar-refractivity contribution in [2.24, 2.45) is 5.92 Å². The molecule has 1 aromatic heterocycles. The zero-order valence-corrected chi connectivity index (χ0v) is 16.9. The molecule has 3 heterocycles. The van der Waals surface area contributed by atoms with Crippen LogP contribution in [0.4, 0.5) is 19.0 Å². The molecular formula is C21H25F3N4O2. The van der Waals surface area contributed by atoms with Crippen LogP contribution < -0.4 is 10.1 Å². The molecule has 1 N–H and O–H groups in total. The van der Waals surface area contributed by atoms with Gasteiger partial charge in [0, 0.05) is 25.6 Å². The number of fused-ring (bicyclic) bond motifs is 1. The number of ether oxygens (including phenoxy) is 1. The van der Waals surface area contributed by atoms with Crippen LogP contribution in [-0.4, -0.2) is 47.0 Å². The van der Waals surface area contributed by atoms with Crippen LogP contribution in [0.25, 0.3) is 0 Å². The van der Waals surface area contributed by atoms with Gasteiger partial charge in [0.1, 0.15) is 11.6 Å². The van der Waals surface area contributed by atoms with Gasteiger partial charge in [0.05, 0.1) is 13.2 Å². The van der Waals surface area contributed by atoms with Crippen molar-refractivity contribution in [3.8, 4) is 5.75 Å². The second-order valence-electron chi connectivity index (χ2n) is 8.10. The highest BCUT2D eigenvalue weighted by Gasteiger charge is 2.47. The molecule has 162 valence electrons. The molecule has 0 aliphatic carbocycles. The molecule has 2 aliphatic rings. The van der Waals surface area contributed by atoms with Crippen molar-refractivity contribution >= 4 is 11.7 Å². The summed E-state index contributed by atoms with van der Waals surface area (Å²) in [6.07, 6.45) is -2.90. The first-order valence-electron chi connectivity index (χ1n) is 10.1. The average molecular weight is 422 g/mol. The first kappa shape index (κ1) is 20.6. The van der Waals surface area contributed by atoms with E-state index in [0.29, 0.717) is 24.8 Å². The molecule has 0 bridgehead atoms. The lowest BCUT2D eigenvalue weighted by atomic mass is 9.97. The minimum absolute atomic E-state index is 0.0525. The van der Waals surface area contributed by atoms with Gasteiger partial charge in [0.25, 0.3) is 5.91 Å². The third-order valence-electron chi connectivity index (χ3n) is 6.00. The summed E-state index contributed by atoms with van der Waals surface area (Å²) in [7, 11) is 1.54. The lowest BCUT2D eigenvalue weighted by Gasteiger charge is -2.33. The van der Waals surface area contributed by atoms with Gasteiger partial charge >= 0.3 is 6.18 Å². The number of nitrogens with one attached hydrogen (secondary N) is 1. The Bertz CT molecular complexity index is 902. The second-order valence-corrected chi connectivity index (χ2v) is 8.10. The van der Waals surface area contributed by atoms with Crippen molar-refractivity contribution in [2.75, 3.05) is 25.5 Å². The number of carbonyl (C=O) groups excluding carboxylic acids is 1. The van der Waals surface area contributed by atoms with E-state index in [1.807, 2.05) is 0 Å². The number of hydrogen-bond acceptors (Lipinski definition) is 4. The van der Waals surface area contributed by atoms with Gasteiger partial charge in [-0.2, -0.15) is 18.3 Å². The summed E-state index contributed by atoms with van der Waals surface area (Å²) in [6, 6.07) is 6.02. The maximum Gasteiger partial charge on any atom is 0.410 e. The van der Waals surface area contributed by atoms with Crippen LogP contribution in [0.3, 0.4) is 0 Å². The summed E-state index contributed by atoms with van der Waals surface area (Å²) in [4.78, 5) is 14.5. The fourth-order valence-corrected chi connectivity index (χ4v) is 4.11. The second kappa shape index (κ2) is 7.85. The number of alkyl halides is 3. The third kappa shape index (κ3) is 3.97. The van der Waals surface area contributed by atoms with Gasteiger partial charge in [0.15, 0.2) is 11.7 Å². The molecule has 1 saturated heterocycles. The van der Waals surface area contributed by atoms with E-state index in [4.69, 9.17) is 4.74 Å². The quantitative estimate of drug-likeness (QED) is 0.795. The van der Waals surface area contributed by atoms with Crippen molar-refractivity contribution in [3.05, 3.63) is 41.6 Å². The molecule has 1 aromatic carbocycles. The topological polar surface area (TPSA) is 59.4 Å². The van der Waals surface area contributed by atoms with Crippen LogP contribution in [0, 0.1) is 5.92 Å². The Morgan fingerprint density at radius 1 is 1.20 bits per heavy atom. The highest BCUT2D eigenvalue weighted by molar-refractivity contribution is 5.93. The van der Waals surface area contributed by atoms with Crippen LogP contribution in [-0.2, 0) is 0 Å². The number of hydrogen-bond donors (Lipinski definition) is 1. The zero-order valence-electron chi connectivity index (χ0n) is 16.9. The van der Waals surface area contributed by atoms with Crippen LogP contribution in [0.15, 0.2) is 30.3 Å². The van der Waals surface area contributed by atoms with E-state index in [9.17, 15) is 18.0 Å². The number of halogens is 3. The van der Waals surface area contributed by atoms with Gasteiger partial charge in [-0.25, -0.2) is 4.68 Å². The molecule has 4 rings (SSSR count). The Balaban J connectivity index is 1.62. The maximum atomic E-state index is 13.8. The maximum absolute atomic E-state index is 13.8. The molecule has 1 fully saturated rings. The summed E-state index contributed by atoms with van der Waals surface area (Å²) in [5.74, 6) is 1.08. The van der Waals surface area contributed by atoms with Crippen molar-refractivity contribution in [3.63, 3.8) is 0 Å². The van der Waals surface area contributed by atoms with E-state index in [2.05, 4.69) is 17.3 Å². The number of likely N-dealkylation sites (tertiary alicyclic amines) is 1. The van der Waals surface area contributed by atoms with E-state index in [0.717, 1.165) is 23.1 Å². The van der Waals surface area contributed by atoms with Crippen molar-refractivity contribution < 1.29 is 22.7 Å². The first-order valence-corrected chi connectivity index (χ1v) is 10.1. The molecule has 0 unspecified atom stereocenters. The standard InChI is InChI=1S/C21H25F3N4O2/c1-13-7-9-27(10-8-13)20(29)17-12-19-25-16(14-3-5-15(30-2)6-4-14)11-18(21(22,23)24)28(19)26-17/h3-6,12-13,16,18,25H,7-11H2,1-2H3/t16-,18+/m1/s1. The summed E-state index contributed by atoms with van der Waals surface area (Å²) < 4.78 is 47.5. The minimum atomic E-state index is -4.48. The molecule has 0 radical (unpaired) electrons. The third-order valence-corrected chi connectivity index (χ3v) is 6.00. The molecule has 0 spiro atoms. The number of amides is 1. The number of nitrogens with zero attached hydrogens (tertiary/aromatic N) is 3. The summed E-state index contributed by atoms with van der Waals surface area (Å²) in [5, 5.41) is 7.20. The molecular weight excluding hydrogens is 397 g/mol. The lowest BCUT2D eigenvalue weighted by Crippen LogP contribution is -2.38. The van der Waals surface area contributed by atoms with E-state index in [-0.39, 0.29) is 23.8 Å². The van der Waals surface area contributed by atoms with Crippen molar-refractivity contribution in [1.29, 1.82) is 0 Å². The summed E-state index contributed by atoms with van der Waals surface area (Å²) in [5.41, 5.74) is 0.770. The molecule has 1 amide bonds. The molecule has 0 saturated carbocycles. The Kier molecular flexibility index (Phi) is 5.38. The summed E-state index contributed by atoms with van der Waals surface area (Å²) in [6.45, 7) is 3.34. The molecule has 9 heteroatoms. The Labute approximate surface area is 173 Å². The fraction of sp³-hybridized carbons (Fsp3) is 0.524. The smallest absolute Gasteiger partial charge is 0.410 e. The predicted molar refractivity (Wildman–Crippen MR) is 106 cm³/mol. The SMILES string of the molecule is COc1ccc([C@H]2C[C@@H](C(F)(F)F)n3nc(C(=O)N4CCC(C)CC4)cc3N2)cc1.